The normalized spacial score (nSPS) is 14.5. The predicted molar refractivity (Wildman–Crippen MR) is 137 cm³/mol. The Balaban J connectivity index is 1.66. The number of carbonyl (C=O) groups excluding carboxylic acids is 2. The molecule has 190 valence electrons. The molecule has 1 aromatic carbocycles. The van der Waals surface area contributed by atoms with Gasteiger partial charge in [0.05, 0.1) is 17.3 Å². The molecule has 0 aliphatic carbocycles. The van der Waals surface area contributed by atoms with Gasteiger partial charge < -0.3 is 10.6 Å². The number of rotatable bonds is 5. The van der Waals surface area contributed by atoms with Crippen molar-refractivity contribution in [3.63, 3.8) is 0 Å². The molecule has 0 saturated carbocycles. The average molecular weight is 502 g/mol. The lowest BCUT2D eigenvalue weighted by Crippen LogP contribution is -2.35. The van der Waals surface area contributed by atoms with E-state index in [1.807, 2.05) is 26.8 Å². The van der Waals surface area contributed by atoms with Crippen LogP contribution in [0.4, 0.5) is 10.2 Å². The Morgan fingerprint density at radius 3 is 2.62 bits per heavy atom. The number of pyridine rings is 1. The van der Waals surface area contributed by atoms with E-state index >= 15 is 0 Å². The van der Waals surface area contributed by atoms with Gasteiger partial charge in [-0.1, -0.05) is 39.0 Å². The molecule has 3 aromatic heterocycles. The summed E-state index contributed by atoms with van der Waals surface area (Å²) < 4.78 is 16.0. The van der Waals surface area contributed by atoms with Gasteiger partial charge in [0.15, 0.2) is 11.5 Å². The van der Waals surface area contributed by atoms with Gasteiger partial charge in [0.25, 0.3) is 5.91 Å². The van der Waals surface area contributed by atoms with Crippen molar-refractivity contribution in [2.45, 2.75) is 46.6 Å². The molecule has 2 amide bonds. The molecule has 0 spiro atoms. The average Bonchev–Trinajstić information content (AvgIpc) is 3.32. The lowest BCUT2D eigenvalue weighted by atomic mass is 9.85. The molecule has 0 saturated heterocycles. The largest absolute Gasteiger partial charge is 0.350 e. The zero-order valence-electron chi connectivity index (χ0n) is 21.4. The molecule has 0 bridgehead atoms. The van der Waals surface area contributed by atoms with Gasteiger partial charge in [0.1, 0.15) is 23.0 Å². The molecular formula is C27H28FN7O2. The third-order valence-corrected chi connectivity index (χ3v) is 6.32. The van der Waals surface area contributed by atoms with Gasteiger partial charge >= 0.3 is 0 Å². The van der Waals surface area contributed by atoms with E-state index in [-0.39, 0.29) is 41.0 Å². The monoisotopic (exact) mass is 501 g/mol. The summed E-state index contributed by atoms with van der Waals surface area (Å²) in [6.45, 7) is 10.1. The van der Waals surface area contributed by atoms with Crippen LogP contribution in [0.25, 0.3) is 22.6 Å². The molecule has 4 aromatic rings. The van der Waals surface area contributed by atoms with E-state index in [9.17, 15) is 14.0 Å². The highest BCUT2D eigenvalue weighted by molar-refractivity contribution is 6.09. The second-order valence-electron chi connectivity index (χ2n) is 10.9. The summed E-state index contributed by atoms with van der Waals surface area (Å²) in [4.78, 5) is 39.8. The van der Waals surface area contributed by atoms with Gasteiger partial charge in [-0.15, -0.1) is 0 Å². The SMILES string of the molecule is CC(C)(C)CNC(=O)c1nc(-c2nn(Cc3ccccc3F)c3ncccc23)nc2c1C(C)(C)C(=O)N2. The van der Waals surface area contributed by atoms with Gasteiger partial charge in [-0.25, -0.2) is 24.0 Å². The van der Waals surface area contributed by atoms with Crippen LogP contribution in [-0.4, -0.2) is 43.1 Å². The van der Waals surface area contributed by atoms with Crippen molar-refractivity contribution in [2.24, 2.45) is 5.41 Å². The highest BCUT2D eigenvalue weighted by Gasteiger charge is 2.44. The van der Waals surface area contributed by atoms with E-state index in [2.05, 4.69) is 30.7 Å². The Hall–Kier alpha value is -4.21. The van der Waals surface area contributed by atoms with E-state index < -0.39 is 11.3 Å². The molecule has 4 heterocycles. The Morgan fingerprint density at radius 2 is 1.89 bits per heavy atom. The highest BCUT2D eigenvalue weighted by atomic mass is 19.1. The number of benzene rings is 1. The lowest BCUT2D eigenvalue weighted by molar-refractivity contribution is -0.119. The summed E-state index contributed by atoms with van der Waals surface area (Å²) in [5, 5.41) is 11.1. The van der Waals surface area contributed by atoms with Gasteiger partial charge in [-0.3, -0.25) is 9.59 Å². The second-order valence-corrected chi connectivity index (χ2v) is 10.9. The molecule has 5 rings (SSSR count). The smallest absolute Gasteiger partial charge is 0.270 e. The molecular weight excluding hydrogens is 473 g/mol. The molecule has 0 unspecified atom stereocenters. The predicted octanol–water partition coefficient (Wildman–Crippen LogP) is 4.08. The first-order valence-electron chi connectivity index (χ1n) is 12.0. The van der Waals surface area contributed by atoms with Crippen molar-refractivity contribution in [1.29, 1.82) is 0 Å². The van der Waals surface area contributed by atoms with Crippen molar-refractivity contribution < 1.29 is 14.0 Å². The molecule has 0 atom stereocenters. The number of carbonyl (C=O) groups is 2. The molecule has 10 heteroatoms. The van der Waals surface area contributed by atoms with Crippen molar-refractivity contribution in [3.05, 3.63) is 65.2 Å². The minimum Gasteiger partial charge on any atom is -0.350 e. The van der Waals surface area contributed by atoms with Crippen molar-refractivity contribution in [3.8, 4) is 11.5 Å². The van der Waals surface area contributed by atoms with Crippen molar-refractivity contribution >= 4 is 28.7 Å². The molecule has 1 aliphatic rings. The first-order chi connectivity index (χ1) is 17.5. The van der Waals surface area contributed by atoms with E-state index in [4.69, 9.17) is 0 Å². The van der Waals surface area contributed by atoms with Crippen LogP contribution in [0, 0.1) is 11.2 Å². The fourth-order valence-corrected chi connectivity index (χ4v) is 4.29. The second kappa shape index (κ2) is 8.72. The van der Waals surface area contributed by atoms with E-state index in [1.165, 1.54) is 6.07 Å². The number of halogens is 1. The summed E-state index contributed by atoms with van der Waals surface area (Å²) in [7, 11) is 0. The molecule has 0 fully saturated rings. The lowest BCUT2D eigenvalue weighted by Gasteiger charge is -2.21. The van der Waals surface area contributed by atoms with Crippen LogP contribution in [0.15, 0.2) is 42.6 Å². The number of fused-ring (bicyclic) bond motifs is 2. The summed E-state index contributed by atoms with van der Waals surface area (Å²) in [6.07, 6.45) is 1.63. The van der Waals surface area contributed by atoms with Crippen LogP contribution in [0.5, 0.6) is 0 Å². The van der Waals surface area contributed by atoms with Crippen LogP contribution in [0.3, 0.4) is 0 Å². The molecule has 9 nitrogen and oxygen atoms in total. The number of nitrogens with one attached hydrogen (secondary N) is 2. The Bertz CT molecular complexity index is 1550. The third kappa shape index (κ3) is 4.43. The zero-order valence-corrected chi connectivity index (χ0v) is 21.4. The number of nitrogens with zero attached hydrogens (tertiary/aromatic N) is 5. The standard InChI is InChI=1S/C27H28FN7O2/c1-26(2,3)14-30-24(36)20-18-21(33-25(37)27(18,4)5)32-22(31-20)19-16-10-8-12-29-23(16)35(34-19)13-15-9-6-7-11-17(15)28/h6-12H,13-14H2,1-5H3,(H,30,36)(H,31,32,33,37). The summed E-state index contributed by atoms with van der Waals surface area (Å²) in [5.74, 6) is -0.562. The first kappa shape index (κ1) is 24.5. The molecule has 37 heavy (non-hydrogen) atoms. The third-order valence-electron chi connectivity index (χ3n) is 6.32. The van der Waals surface area contributed by atoms with E-state index in [1.54, 1.807) is 49.0 Å². The van der Waals surface area contributed by atoms with Crippen LogP contribution >= 0.6 is 0 Å². The fourth-order valence-electron chi connectivity index (χ4n) is 4.29. The van der Waals surface area contributed by atoms with Gasteiger partial charge in [-0.05, 0) is 37.5 Å². The quantitative estimate of drug-likeness (QED) is 0.426. The number of anilines is 1. The van der Waals surface area contributed by atoms with Crippen molar-refractivity contribution in [2.75, 3.05) is 11.9 Å². The van der Waals surface area contributed by atoms with Crippen LogP contribution in [0.2, 0.25) is 0 Å². The topological polar surface area (TPSA) is 115 Å². The highest BCUT2D eigenvalue weighted by Crippen LogP contribution is 2.39. The van der Waals surface area contributed by atoms with Gasteiger partial charge in [0, 0.05) is 23.9 Å². The minimum absolute atomic E-state index is 0.119. The molecule has 1 aliphatic heterocycles. The van der Waals surface area contributed by atoms with Crippen LogP contribution in [-0.2, 0) is 16.8 Å². The first-order valence-corrected chi connectivity index (χ1v) is 12.0. The van der Waals surface area contributed by atoms with Crippen LogP contribution in [0.1, 0.15) is 56.2 Å². The number of hydrogen-bond acceptors (Lipinski definition) is 6. The summed E-state index contributed by atoms with van der Waals surface area (Å²) >= 11 is 0. The Kier molecular flexibility index (Phi) is 5.77. The molecule has 0 radical (unpaired) electrons. The fraction of sp³-hybridized carbons (Fsp3) is 0.333. The van der Waals surface area contributed by atoms with Crippen molar-refractivity contribution in [1.82, 2.24) is 30.0 Å². The number of amides is 2. The molecule has 2 N–H and O–H groups in total. The summed E-state index contributed by atoms with van der Waals surface area (Å²) in [6, 6.07) is 10.1. The Labute approximate surface area is 213 Å². The van der Waals surface area contributed by atoms with Gasteiger partial charge in [0.2, 0.25) is 5.91 Å². The van der Waals surface area contributed by atoms with E-state index in [0.717, 1.165) is 0 Å². The maximum Gasteiger partial charge on any atom is 0.270 e. The zero-order chi connectivity index (χ0) is 26.5. The van der Waals surface area contributed by atoms with Gasteiger partial charge in [-0.2, -0.15) is 5.10 Å². The Morgan fingerprint density at radius 1 is 1.14 bits per heavy atom. The maximum atomic E-state index is 14.4. The minimum atomic E-state index is -0.990. The number of hydrogen-bond donors (Lipinski definition) is 2. The maximum absolute atomic E-state index is 14.4. The summed E-state index contributed by atoms with van der Waals surface area (Å²) in [5.41, 5.74) is 0.783. The van der Waals surface area contributed by atoms with E-state index in [0.29, 0.717) is 34.4 Å². The van der Waals surface area contributed by atoms with Crippen LogP contribution < -0.4 is 10.6 Å². The number of aromatic nitrogens is 5.